The number of rotatable bonds is 7. The fraction of sp³-hybridized carbons (Fsp3) is 0.429. The zero-order valence-electron chi connectivity index (χ0n) is 10.1. The third kappa shape index (κ3) is 5.76. The van der Waals surface area contributed by atoms with E-state index in [4.69, 9.17) is 11.2 Å². The summed E-state index contributed by atoms with van der Waals surface area (Å²) in [5, 5.41) is 3.38. The second-order valence-electron chi connectivity index (χ2n) is 3.77. The standard InChI is InChI=1S/C14H18BrNO/c1-3-6-13(4-2)16-9-10-17-14-8-5-7-12(15)11-14/h1,5,7-8,11,13,16H,4,6,9-10H2,2H3. The van der Waals surface area contributed by atoms with E-state index in [1.165, 1.54) is 0 Å². The Morgan fingerprint density at radius 2 is 2.35 bits per heavy atom. The van der Waals surface area contributed by atoms with Crippen LogP contribution in [0.15, 0.2) is 28.7 Å². The number of hydrogen-bond acceptors (Lipinski definition) is 2. The van der Waals surface area contributed by atoms with Crippen molar-refractivity contribution in [2.24, 2.45) is 0 Å². The van der Waals surface area contributed by atoms with Gasteiger partial charge in [-0.05, 0) is 24.6 Å². The molecule has 0 saturated carbocycles. The maximum Gasteiger partial charge on any atom is 0.120 e. The Morgan fingerprint density at radius 1 is 1.53 bits per heavy atom. The van der Waals surface area contributed by atoms with Crippen molar-refractivity contribution < 1.29 is 4.74 Å². The summed E-state index contributed by atoms with van der Waals surface area (Å²) in [5.41, 5.74) is 0. The highest BCUT2D eigenvalue weighted by Crippen LogP contribution is 2.17. The Hall–Kier alpha value is -0.980. The van der Waals surface area contributed by atoms with E-state index >= 15 is 0 Å². The van der Waals surface area contributed by atoms with Crippen LogP contribution >= 0.6 is 15.9 Å². The lowest BCUT2D eigenvalue weighted by Crippen LogP contribution is -2.31. The van der Waals surface area contributed by atoms with Gasteiger partial charge in [-0.1, -0.05) is 28.9 Å². The first-order chi connectivity index (χ1) is 8.26. The Bertz CT molecular complexity index is 373. The summed E-state index contributed by atoms with van der Waals surface area (Å²) in [6.45, 7) is 3.59. The van der Waals surface area contributed by atoms with Crippen LogP contribution in [0.3, 0.4) is 0 Å². The Kier molecular flexibility index (Phi) is 6.76. The van der Waals surface area contributed by atoms with Crippen LogP contribution in [-0.2, 0) is 0 Å². The van der Waals surface area contributed by atoms with Crippen molar-refractivity contribution in [1.29, 1.82) is 0 Å². The minimum Gasteiger partial charge on any atom is -0.492 e. The maximum absolute atomic E-state index is 5.62. The van der Waals surface area contributed by atoms with Crippen molar-refractivity contribution in [2.75, 3.05) is 13.2 Å². The van der Waals surface area contributed by atoms with Crippen molar-refractivity contribution in [3.8, 4) is 18.1 Å². The highest BCUT2D eigenvalue weighted by molar-refractivity contribution is 9.10. The molecule has 2 nitrogen and oxygen atoms in total. The summed E-state index contributed by atoms with van der Waals surface area (Å²) < 4.78 is 6.65. The van der Waals surface area contributed by atoms with E-state index in [1.54, 1.807) is 0 Å². The number of ether oxygens (including phenoxy) is 1. The van der Waals surface area contributed by atoms with Crippen molar-refractivity contribution in [1.82, 2.24) is 5.32 Å². The zero-order valence-corrected chi connectivity index (χ0v) is 11.7. The molecule has 0 heterocycles. The molecule has 0 aromatic heterocycles. The van der Waals surface area contributed by atoms with E-state index in [0.717, 1.165) is 29.6 Å². The van der Waals surface area contributed by atoms with Gasteiger partial charge in [0.2, 0.25) is 0 Å². The molecular formula is C14H18BrNO. The lowest BCUT2D eigenvalue weighted by atomic mass is 10.1. The number of hydrogen-bond donors (Lipinski definition) is 1. The molecule has 1 aromatic carbocycles. The van der Waals surface area contributed by atoms with Crippen molar-refractivity contribution in [3.63, 3.8) is 0 Å². The average molecular weight is 296 g/mol. The largest absolute Gasteiger partial charge is 0.492 e. The van der Waals surface area contributed by atoms with Crippen LogP contribution in [0.1, 0.15) is 19.8 Å². The van der Waals surface area contributed by atoms with Gasteiger partial charge in [0.15, 0.2) is 0 Å². The predicted octanol–water partition coefficient (Wildman–Crippen LogP) is 3.22. The minimum atomic E-state index is 0.395. The van der Waals surface area contributed by atoms with Crippen LogP contribution in [0.5, 0.6) is 5.75 Å². The Morgan fingerprint density at radius 3 is 3.00 bits per heavy atom. The second kappa shape index (κ2) is 8.16. The van der Waals surface area contributed by atoms with Gasteiger partial charge in [0.05, 0.1) is 0 Å². The molecule has 0 spiro atoms. The summed E-state index contributed by atoms with van der Waals surface area (Å²) >= 11 is 3.41. The van der Waals surface area contributed by atoms with Gasteiger partial charge < -0.3 is 10.1 Å². The van der Waals surface area contributed by atoms with Crippen LogP contribution in [0.2, 0.25) is 0 Å². The van der Waals surface area contributed by atoms with E-state index in [0.29, 0.717) is 12.6 Å². The van der Waals surface area contributed by atoms with Crippen LogP contribution in [0, 0.1) is 12.3 Å². The summed E-state index contributed by atoms with van der Waals surface area (Å²) in [6.07, 6.45) is 7.10. The molecule has 0 fully saturated rings. The molecule has 3 heteroatoms. The molecular weight excluding hydrogens is 278 g/mol. The molecule has 1 N–H and O–H groups in total. The summed E-state index contributed by atoms with van der Waals surface area (Å²) in [4.78, 5) is 0. The first kappa shape index (κ1) is 14.1. The Balaban J connectivity index is 2.22. The molecule has 0 bridgehead atoms. The molecule has 0 aliphatic rings. The van der Waals surface area contributed by atoms with E-state index in [-0.39, 0.29) is 0 Å². The van der Waals surface area contributed by atoms with Crippen LogP contribution < -0.4 is 10.1 Å². The van der Waals surface area contributed by atoms with Crippen LogP contribution in [0.25, 0.3) is 0 Å². The number of benzene rings is 1. The monoisotopic (exact) mass is 295 g/mol. The van der Waals surface area contributed by atoms with E-state index < -0.39 is 0 Å². The zero-order chi connectivity index (χ0) is 12.5. The Labute approximate surface area is 112 Å². The minimum absolute atomic E-state index is 0.395. The van der Waals surface area contributed by atoms with Gasteiger partial charge in [0, 0.05) is 23.5 Å². The molecule has 1 unspecified atom stereocenters. The fourth-order valence-electron chi connectivity index (χ4n) is 1.49. The smallest absolute Gasteiger partial charge is 0.120 e. The topological polar surface area (TPSA) is 21.3 Å². The second-order valence-corrected chi connectivity index (χ2v) is 4.69. The van der Waals surface area contributed by atoms with Gasteiger partial charge in [-0.3, -0.25) is 0 Å². The first-order valence-electron chi connectivity index (χ1n) is 5.81. The number of terminal acetylenes is 1. The molecule has 92 valence electrons. The molecule has 0 aliphatic carbocycles. The van der Waals surface area contributed by atoms with Crippen molar-refractivity contribution in [3.05, 3.63) is 28.7 Å². The lowest BCUT2D eigenvalue weighted by molar-refractivity contribution is 0.304. The highest BCUT2D eigenvalue weighted by Gasteiger charge is 2.02. The molecule has 0 aliphatic heterocycles. The third-order valence-corrected chi connectivity index (χ3v) is 2.95. The third-order valence-electron chi connectivity index (χ3n) is 2.46. The van der Waals surface area contributed by atoms with Gasteiger partial charge >= 0.3 is 0 Å². The molecule has 1 rings (SSSR count). The number of halogens is 1. The van der Waals surface area contributed by atoms with Crippen molar-refractivity contribution >= 4 is 15.9 Å². The van der Waals surface area contributed by atoms with Gasteiger partial charge in [-0.2, -0.15) is 0 Å². The van der Waals surface area contributed by atoms with E-state index in [1.807, 2.05) is 24.3 Å². The highest BCUT2D eigenvalue weighted by atomic mass is 79.9. The van der Waals surface area contributed by atoms with E-state index in [2.05, 4.69) is 34.1 Å². The summed E-state index contributed by atoms with van der Waals surface area (Å²) in [5.74, 6) is 3.56. The molecule has 0 amide bonds. The molecule has 0 radical (unpaired) electrons. The molecule has 1 atom stereocenters. The van der Waals surface area contributed by atoms with Crippen LogP contribution in [0.4, 0.5) is 0 Å². The van der Waals surface area contributed by atoms with Gasteiger partial charge in [0.25, 0.3) is 0 Å². The first-order valence-corrected chi connectivity index (χ1v) is 6.60. The molecule has 17 heavy (non-hydrogen) atoms. The molecule has 0 saturated heterocycles. The summed E-state index contributed by atoms with van der Waals surface area (Å²) in [7, 11) is 0. The fourth-order valence-corrected chi connectivity index (χ4v) is 1.87. The summed E-state index contributed by atoms with van der Waals surface area (Å²) in [6, 6.07) is 8.24. The molecule has 1 aromatic rings. The van der Waals surface area contributed by atoms with E-state index in [9.17, 15) is 0 Å². The number of nitrogens with one attached hydrogen (secondary N) is 1. The predicted molar refractivity (Wildman–Crippen MR) is 75.2 cm³/mol. The lowest BCUT2D eigenvalue weighted by Gasteiger charge is -2.14. The van der Waals surface area contributed by atoms with Crippen molar-refractivity contribution in [2.45, 2.75) is 25.8 Å². The maximum atomic E-state index is 5.62. The normalized spacial score (nSPS) is 11.8. The quantitative estimate of drug-likeness (QED) is 0.616. The van der Waals surface area contributed by atoms with Gasteiger partial charge in [0.1, 0.15) is 12.4 Å². The van der Waals surface area contributed by atoms with Crippen LogP contribution in [-0.4, -0.2) is 19.2 Å². The van der Waals surface area contributed by atoms with Gasteiger partial charge in [-0.25, -0.2) is 0 Å². The SMILES string of the molecule is C#CCC(CC)NCCOc1cccc(Br)c1. The van der Waals surface area contributed by atoms with Gasteiger partial charge in [-0.15, -0.1) is 12.3 Å². The average Bonchev–Trinajstić information content (AvgIpc) is 2.33.